The molecule has 0 aromatic heterocycles. The summed E-state index contributed by atoms with van der Waals surface area (Å²) in [4.78, 5) is 0. The SMILES string of the molecule is CNC(c1ccccc1C1CCC1)c1cccc(C)c1I. The minimum atomic E-state index is 0.286. The Morgan fingerprint density at radius 2 is 1.76 bits per heavy atom. The standard InChI is InChI=1S/C19H22IN/c1-13-7-5-12-17(18(13)20)19(21-2)16-11-4-3-10-15(16)14-8-6-9-14/h3-5,7,10-12,14,19,21H,6,8-9H2,1-2H3. The summed E-state index contributed by atoms with van der Waals surface area (Å²) >= 11 is 2.48. The smallest absolute Gasteiger partial charge is 0.0587 e. The maximum atomic E-state index is 3.54. The molecule has 0 bridgehead atoms. The number of aryl methyl sites for hydroxylation is 1. The summed E-state index contributed by atoms with van der Waals surface area (Å²) < 4.78 is 1.37. The van der Waals surface area contributed by atoms with Crippen molar-refractivity contribution < 1.29 is 0 Å². The molecule has 1 saturated carbocycles. The monoisotopic (exact) mass is 391 g/mol. The quantitative estimate of drug-likeness (QED) is 0.709. The highest BCUT2D eigenvalue weighted by atomic mass is 127. The second kappa shape index (κ2) is 6.49. The van der Waals surface area contributed by atoms with Crippen LogP contribution in [-0.4, -0.2) is 7.05 Å². The van der Waals surface area contributed by atoms with E-state index in [4.69, 9.17) is 0 Å². The summed E-state index contributed by atoms with van der Waals surface area (Å²) in [6.45, 7) is 2.19. The molecule has 0 spiro atoms. The first kappa shape index (κ1) is 15.0. The van der Waals surface area contributed by atoms with Crippen LogP contribution in [0.4, 0.5) is 0 Å². The van der Waals surface area contributed by atoms with Crippen molar-refractivity contribution in [3.63, 3.8) is 0 Å². The topological polar surface area (TPSA) is 12.0 Å². The molecule has 0 radical (unpaired) electrons. The van der Waals surface area contributed by atoms with E-state index < -0.39 is 0 Å². The number of rotatable bonds is 4. The fraction of sp³-hybridized carbons (Fsp3) is 0.368. The zero-order valence-electron chi connectivity index (χ0n) is 12.7. The second-order valence-electron chi connectivity index (χ2n) is 5.96. The zero-order valence-corrected chi connectivity index (χ0v) is 14.9. The van der Waals surface area contributed by atoms with Crippen LogP contribution >= 0.6 is 22.6 Å². The summed E-state index contributed by atoms with van der Waals surface area (Å²) in [6.07, 6.45) is 4.07. The van der Waals surface area contributed by atoms with Crippen LogP contribution < -0.4 is 5.32 Å². The van der Waals surface area contributed by atoms with Gasteiger partial charge in [0, 0.05) is 3.57 Å². The lowest BCUT2D eigenvalue weighted by atomic mass is 9.76. The minimum absolute atomic E-state index is 0.286. The minimum Gasteiger partial charge on any atom is -0.309 e. The van der Waals surface area contributed by atoms with E-state index >= 15 is 0 Å². The van der Waals surface area contributed by atoms with Crippen LogP contribution in [0.2, 0.25) is 0 Å². The predicted octanol–water partition coefficient (Wildman–Crippen LogP) is 5.18. The molecule has 1 aliphatic rings. The van der Waals surface area contributed by atoms with Gasteiger partial charge in [-0.15, -0.1) is 0 Å². The van der Waals surface area contributed by atoms with Crippen molar-refractivity contribution >= 4 is 22.6 Å². The normalized spacial score (nSPS) is 16.5. The molecule has 1 unspecified atom stereocenters. The molecule has 110 valence electrons. The van der Waals surface area contributed by atoms with Gasteiger partial charge in [-0.25, -0.2) is 0 Å². The van der Waals surface area contributed by atoms with E-state index in [0.717, 1.165) is 5.92 Å². The highest BCUT2D eigenvalue weighted by Crippen LogP contribution is 2.41. The van der Waals surface area contributed by atoms with Crippen LogP contribution in [0.5, 0.6) is 0 Å². The van der Waals surface area contributed by atoms with Gasteiger partial charge in [0.1, 0.15) is 0 Å². The zero-order chi connectivity index (χ0) is 14.8. The molecule has 2 aromatic carbocycles. The van der Waals surface area contributed by atoms with Crippen LogP contribution in [0.3, 0.4) is 0 Å². The molecule has 1 nitrogen and oxygen atoms in total. The van der Waals surface area contributed by atoms with E-state index in [1.807, 2.05) is 0 Å². The van der Waals surface area contributed by atoms with E-state index in [9.17, 15) is 0 Å². The van der Waals surface area contributed by atoms with Gasteiger partial charge in [0.25, 0.3) is 0 Å². The largest absolute Gasteiger partial charge is 0.309 e. The van der Waals surface area contributed by atoms with Crippen LogP contribution in [0.15, 0.2) is 42.5 Å². The molecule has 0 heterocycles. The average Bonchev–Trinajstić information content (AvgIpc) is 2.44. The van der Waals surface area contributed by atoms with Gasteiger partial charge in [-0.2, -0.15) is 0 Å². The molecular weight excluding hydrogens is 369 g/mol. The summed E-state index contributed by atoms with van der Waals surface area (Å²) in [5.74, 6) is 0.763. The lowest BCUT2D eigenvalue weighted by Crippen LogP contribution is -2.22. The average molecular weight is 391 g/mol. The Kier molecular flexibility index (Phi) is 4.65. The number of benzene rings is 2. The van der Waals surface area contributed by atoms with Gasteiger partial charge in [-0.3, -0.25) is 0 Å². The molecule has 0 aliphatic heterocycles. The molecule has 0 amide bonds. The van der Waals surface area contributed by atoms with Crippen LogP contribution in [0.1, 0.15) is 53.5 Å². The Hall–Kier alpha value is -0.870. The Morgan fingerprint density at radius 1 is 1.05 bits per heavy atom. The molecule has 1 fully saturated rings. The van der Waals surface area contributed by atoms with Gasteiger partial charge in [0.05, 0.1) is 6.04 Å². The van der Waals surface area contributed by atoms with E-state index in [-0.39, 0.29) is 6.04 Å². The number of nitrogens with one attached hydrogen (secondary N) is 1. The van der Waals surface area contributed by atoms with Crippen molar-refractivity contribution in [2.45, 2.75) is 38.1 Å². The molecule has 1 aliphatic carbocycles. The molecule has 0 saturated heterocycles. The molecule has 2 heteroatoms. The van der Waals surface area contributed by atoms with Crippen molar-refractivity contribution in [2.24, 2.45) is 0 Å². The lowest BCUT2D eigenvalue weighted by Gasteiger charge is -2.31. The lowest BCUT2D eigenvalue weighted by molar-refractivity contribution is 0.415. The fourth-order valence-electron chi connectivity index (χ4n) is 3.24. The van der Waals surface area contributed by atoms with Gasteiger partial charge in [-0.1, -0.05) is 48.9 Å². The summed E-state index contributed by atoms with van der Waals surface area (Å²) in [5.41, 5.74) is 5.74. The summed E-state index contributed by atoms with van der Waals surface area (Å²) in [5, 5.41) is 3.54. The number of hydrogen-bond donors (Lipinski definition) is 1. The maximum absolute atomic E-state index is 3.54. The van der Waals surface area contributed by atoms with Crippen molar-refractivity contribution in [1.29, 1.82) is 0 Å². The molecule has 2 aromatic rings. The third kappa shape index (κ3) is 2.88. The molecular formula is C19H22IN. The van der Waals surface area contributed by atoms with Crippen molar-refractivity contribution in [3.05, 3.63) is 68.3 Å². The van der Waals surface area contributed by atoms with Gasteiger partial charge in [-0.05, 0) is 77.6 Å². The van der Waals surface area contributed by atoms with Crippen LogP contribution in [-0.2, 0) is 0 Å². The van der Waals surface area contributed by atoms with Gasteiger partial charge >= 0.3 is 0 Å². The van der Waals surface area contributed by atoms with Gasteiger partial charge in [0.15, 0.2) is 0 Å². The predicted molar refractivity (Wildman–Crippen MR) is 97.8 cm³/mol. The Balaban J connectivity index is 2.06. The second-order valence-corrected chi connectivity index (χ2v) is 7.04. The third-order valence-electron chi connectivity index (χ3n) is 4.67. The van der Waals surface area contributed by atoms with E-state index in [2.05, 4.69) is 84.3 Å². The first-order chi connectivity index (χ1) is 10.2. The highest BCUT2D eigenvalue weighted by Gasteiger charge is 2.25. The number of halogens is 1. The Bertz CT molecular complexity index is 631. The van der Waals surface area contributed by atoms with Gasteiger partial charge < -0.3 is 5.32 Å². The summed E-state index contributed by atoms with van der Waals surface area (Å²) in [7, 11) is 2.07. The maximum Gasteiger partial charge on any atom is 0.0587 e. The van der Waals surface area contributed by atoms with E-state index in [0.29, 0.717) is 0 Å². The highest BCUT2D eigenvalue weighted by molar-refractivity contribution is 14.1. The summed E-state index contributed by atoms with van der Waals surface area (Å²) in [6, 6.07) is 15.9. The van der Waals surface area contributed by atoms with Crippen molar-refractivity contribution in [3.8, 4) is 0 Å². The molecule has 21 heavy (non-hydrogen) atoms. The molecule has 1 N–H and O–H groups in total. The first-order valence-corrected chi connectivity index (χ1v) is 8.81. The first-order valence-electron chi connectivity index (χ1n) is 7.73. The van der Waals surface area contributed by atoms with Crippen LogP contribution in [0, 0.1) is 10.5 Å². The van der Waals surface area contributed by atoms with Crippen molar-refractivity contribution in [1.82, 2.24) is 5.32 Å². The molecule has 3 rings (SSSR count). The van der Waals surface area contributed by atoms with Crippen LogP contribution in [0.25, 0.3) is 0 Å². The Labute approximate surface area is 141 Å². The Morgan fingerprint density at radius 3 is 2.43 bits per heavy atom. The third-order valence-corrected chi connectivity index (χ3v) is 6.15. The molecule has 1 atom stereocenters. The van der Waals surface area contributed by atoms with Gasteiger partial charge in [0.2, 0.25) is 0 Å². The van der Waals surface area contributed by atoms with Crippen molar-refractivity contribution in [2.75, 3.05) is 7.05 Å². The van der Waals surface area contributed by atoms with E-state index in [1.54, 1.807) is 5.56 Å². The number of hydrogen-bond acceptors (Lipinski definition) is 1. The fourth-order valence-corrected chi connectivity index (χ4v) is 3.91. The van der Waals surface area contributed by atoms with E-state index in [1.165, 1.54) is 39.5 Å².